The Hall–Kier alpha value is -2.30. The first kappa shape index (κ1) is 14.3. The summed E-state index contributed by atoms with van der Waals surface area (Å²) < 4.78 is 5.51. The number of nitrogens with one attached hydrogen (secondary N) is 1. The number of fused-ring (bicyclic) bond motifs is 1. The van der Waals surface area contributed by atoms with Crippen LogP contribution in [0.15, 0.2) is 53.5 Å². The minimum Gasteiger partial charge on any atom is -0.496 e. The van der Waals surface area contributed by atoms with Crippen LogP contribution in [0.4, 0.5) is 0 Å². The highest BCUT2D eigenvalue weighted by molar-refractivity contribution is 7.08. The van der Waals surface area contributed by atoms with Gasteiger partial charge in [-0.05, 0) is 52.2 Å². The van der Waals surface area contributed by atoms with Crippen molar-refractivity contribution in [1.29, 1.82) is 0 Å². The van der Waals surface area contributed by atoms with Crippen molar-refractivity contribution in [2.45, 2.75) is 0 Å². The van der Waals surface area contributed by atoms with Crippen molar-refractivity contribution in [3.8, 4) is 28.0 Å². The predicted octanol–water partition coefficient (Wildman–Crippen LogP) is 5.62. The highest BCUT2D eigenvalue weighted by atomic mass is 35.5. The Morgan fingerprint density at radius 3 is 2.83 bits per heavy atom. The van der Waals surface area contributed by atoms with E-state index in [4.69, 9.17) is 16.3 Å². The Morgan fingerprint density at radius 2 is 2.04 bits per heavy atom. The molecule has 0 bridgehead atoms. The number of pyridine rings is 1. The molecule has 0 aliphatic rings. The van der Waals surface area contributed by atoms with Gasteiger partial charge in [0.05, 0.1) is 7.11 Å². The van der Waals surface area contributed by atoms with Crippen LogP contribution in [-0.2, 0) is 0 Å². The number of ether oxygens (including phenoxy) is 1. The second-order valence-electron chi connectivity index (χ2n) is 5.14. The third kappa shape index (κ3) is 2.40. The number of hydrogen-bond acceptors (Lipinski definition) is 3. The average molecular weight is 341 g/mol. The number of hydrogen-bond donors (Lipinski definition) is 1. The molecule has 4 aromatic rings. The molecule has 0 atom stereocenters. The molecular weight excluding hydrogens is 328 g/mol. The van der Waals surface area contributed by atoms with Crippen molar-refractivity contribution < 1.29 is 4.74 Å². The first-order valence-electron chi connectivity index (χ1n) is 7.10. The number of aromatic amines is 1. The maximum Gasteiger partial charge on any atom is 0.138 e. The van der Waals surface area contributed by atoms with E-state index in [9.17, 15) is 0 Å². The van der Waals surface area contributed by atoms with Gasteiger partial charge in [-0.15, -0.1) is 0 Å². The van der Waals surface area contributed by atoms with Gasteiger partial charge in [-0.3, -0.25) is 0 Å². The average Bonchev–Trinajstić information content (AvgIpc) is 3.24. The second kappa shape index (κ2) is 5.72. The molecule has 0 saturated carbocycles. The van der Waals surface area contributed by atoms with E-state index in [1.54, 1.807) is 18.4 Å². The highest BCUT2D eigenvalue weighted by Gasteiger charge is 2.16. The SMILES string of the molecule is COc1cc(Cl)ccc1-c1c[nH]c2nccc(-c3ccsc3)c12. The molecule has 1 N–H and O–H groups in total. The van der Waals surface area contributed by atoms with Crippen LogP contribution in [0.5, 0.6) is 5.75 Å². The van der Waals surface area contributed by atoms with E-state index >= 15 is 0 Å². The summed E-state index contributed by atoms with van der Waals surface area (Å²) in [5.41, 5.74) is 5.26. The fraction of sp³-hybridized carbons (Fsp3) is 0.0556. The quantitative estimate of drug-likeness (QED) is 0.525. The Balaban J connectivity index is 2.02. The fourth-order valence-corrected chi connectivity index (χ4v) is 3.63. The molecule has 0 unspecified atom stereocenters. The summed E-state index contributed by atoms with van der Waals surface area (Å²) in [6.45, 7) is 0. The molecule has 0 aliphatic heterocycles. The van der Waals surface area contributed by atoms with E-state index in [-0.39, 0.29) is 0 Å². The van der Waals surface area contributed by atoms with E-state index in [0.717, 1.165) is 33.5 Å². The van der Waals surface area contributed by atoms with Crippen LogP contribution in [0.25, 0.3) is 33.3 Å². The molecule has 1 aromatic carbocycles. The molecule has 3 heterocycles. The van der Waals surface area contributed by atoms with Crippen molar-refractivity contribution in [2.24, 2.45) is 0 Å². The summed E-state index contributed by atoms with van der Waals surface area (Å²) in [4.78, 5) is 7.71. The largest absolute Gasteiger partial charge is 0.496 e. The first-order chi connectivity index (χ1) is 11.3. The zero-order valence-corrected chi connectivity index (χ0v) is 13.9. The van der Waals surface area contributed by atoms with E-state index < -0.39 is 0 Å². The summed E-state index contributed by atoms with van der Waals surface area (Å²) in [5.74, 6) is 0.749. The van der Waals surface area contributed by atoms with Gasteiger partial charge >= 0.3 is 0 Å². The first-order valence-corrected chi connectivity index (χ1v) is 8.42. The summed E-state index contributed by atoms with van der Waals surface area (Å²) in [7, 11) is 1.65. The van der Waals surface area contributed by atoms with Gasteiger partial charge in [0.1, 0.15) is 11.4 Å². The number of aromatic nitrogens is 2. The smallest absolute Gasteiger partial charge is 0.138 e. The summed E-state index contributed by atoms with van der Waals surface area (Å²) >= 11 is 7.77. The Labute approximate surface area is 142 Å². The van der Waals surface area contributed by atoms with Crippen molar-refractivity contribution in [1.82, 2.24) is 9.97 Å². The van der Waals surface area contributed by atoms with Crippen LogP contribution in [0.1, 0.15) is 0 Å². The molecule has 4 rings (SSSR count). The van der Waals surface area contributed by atoms with Gasteiger partial charge in [-0.25, -0.2) is 4.98 Å². The summed E-state index contributed by atoms with van der Waals surface area (Å²) in [6.07, 6.45) is 3.80. The highest BCUT2D eigenvalue weighted by Crippen LogP contribution is 2.40. The Bertz CT molecular complexity index is 976. The molecule has 114 valence electrons. The lowest BCUT2D eigenvalue weighted by atomic mass is 9.99. The van der Waals surface area contributed by atoms with Gasteiger partial charge in [0.15, 0.2) is 0 Å². The van der Waals surface area contributed by atoms with E-state index in [2.05, 4.69) is 26.8 Å². The van der Waals surface area contributed by atoms with Gasteiger partial charge in [-0.1, -0.05) is 11.6 Å². The Morgan fingerprint density at radius 1 is 1.13 bits per heavy atom. The van der Waals surface area contributed by atoms with Gasteiger partial charge in [0.25, 0.3) is 0 Å². The van der Waals surface area contributed by atoms with Crippen LogP contribution in [-0.4, -0.2) is 17.1 Å². The molecule has 23 heavy (non-hydrogen) atoms. The number of H-pyrrole nitrogens is 1. The zero-order chi connectivity index (χ0) is 15.8. The van der Waals surface area contributed by atoms with Crippen LogP contribution in [0.3, 0.4) is 0 Å². The maximum atomic E-state index is 6.09. The molecule has 0 radical (unpaired) electrons. The van der Waals surface area contributed by atoms with Crippen LogP contribution in [0.2, 0.25) is 5.02 Å². The minimum absolute atomic E-state index is 0.654. The van der Waals surface area contributed by atoms with E-state index in [0.29, 0.717) is 5.02 Å². The summed E-state index contributed by atoms with van der Waals surface area (Å²) in [5, 5.41) is 5.97. The fourth-order valence-electron chi connectivity index (χ4n) is 2.81. The van der Waals surface area contributed by atoms with Crippen LogP contribution < -0.4 is 4.74 Å². The number of halogens is 1. The van der Waals surface area contributed by atoms with Crippen molar-refractivity contribution >= 4 is 34.0 Å². The Kier molecular flexibility index (Phi) is 3.56. The number of thiophene rings is 1. The lowest BCUT2D eigenvalue weighted by Gasteiger charge is -2.09. The van der Waals surface area contributed by atoms with Crippen LogP contribution >= 0.6 is 22.9 Å². The van der Waals surface area contributed by atoms with Crippen molar-refractivity contribution in [3.63, 3.8) is 0 Å². The normalized spacial score (nSPS) is 11.0. The maximum absolute atomic E-state index is 6.09. The molecule has 0 spiro atoms. The van der Waals surface area contributed by atoms with Crippen molar-refractivity contribution in [2.75, 3.05) is 7.11 Å². The summed E-state index contributed by atoms with van der Waals surface area (Å²) in [6, 6.07) is 9.85. The molecule has 3 nitrogen and oxygen atoms in total. The molecule has 0 aliphatic carbocycles. The van der Waals surface area contributed by atoms with E-state index in [1.165, 1.54) is 5.56 Å². The standard InChI is InChI=1S/C18H13ClN2OS/c1-22-16-8-12(19)2-3-14(16)15-9-21-18-17(15)13(4-6-20-18)11-5-7-23-10-11/h2-10H,1H3,(H,20,21). The van der Waals surface area contributed by atoms with Gasteiger partial charge in [-0.2, -0.15) is 11.3 Å². The third-order valence-corrected chi connectivity index (χ3v) is 4.78. The van der Waals surface area contributed by atoms with Gasteiger partial charge in [0, 0.05) is 33.9 Å². The van der Waals surface area contributed by atoms with Gasteiger partial charge in [0.2, 0.25) is 0 Å². The molecule has 5 heteroatoms. The molecule has 0 amide bonds. The monoisotopic (exact) mass is 340 g/mol. The van der Waals surface area contributed by atoms with Gasteiger partial charge < -0.3 is 9.72 Å². The second-order valence-corrected chi connectivity index (χ2v) is 6.36. The number of nitrogens with zero attached hydrogens (tertiary/aromatic N) is 1. The lowest BCUT2D eigenvalue weighted by Crippen LogP contribution is -1.88. The molecule has 0 fully saturated rings. The third-order valence-electron chi connectivity index (χ3n) is 3.86. The predicted molar refractivity (Wildman–Crippen MR) is 96.4 cm³/mol. The zero-order valence-electron chi connectivity index (χ0n) is 12.3. The number of rotatable bonds is 3. The van der Waals surface area contributed by atoms with Crippen molar-refractivity contribution in [3.05, 3.63) is 58.5 Å². The molecule has 0 saturated heterocycles. The topological polar surface area (TPSA) is 37.9 Å². The number of benzene rings is 1. The van der Waals surface area contributed by atoms with Crippen LogP contribution in [0, 0.1) is 0 Å². The molecular formula is C18H13ClN2OS. The van der Waals surface area contributed by atoms with E-state index in [1.807, 2.05) is 36.7 Å². The number of methoxy groups -OCH3 is 1. The lowest BCUT2D eigenvalue weighted by molar-refractivity contribution is 0.416. The molecule has 3 aromatic heterocycles. The minimum atomic E-state index is 0.654.